The lowest BCUT2D eigenvalue weighted by molar-refractivity contribution is -0.187. The van der Waals surface area contributed by atoms with Gasteiger partial charge >= 0.3 is 6.18 Å². The second kappa shape index (κ2) is 3.01. The Morgan fingerprint density at radius 3 is 2.27 bits per heavy atom. The summed E-state index contributed by atoms with van der Waals surface area (Å²) >= 11 is 0. The Labute approximate surface area is 63.2 Å². The summed E-state index contributed by atoms with van der Waals surface area (Å²) in [6, 6.07) is 0. The number of hydrogen-bond acceptors (Lipinski definition) is 1. The fraction of sp³-hybridized carbons (Fsp3) is 0.857. The van der Waals surface area contributed by atoms with Crippen molar-refractivity contribution in [2.75, 3.05) is 0 Å². The van der Waals surface area contributed by atoms with E-state index in [1.165, 1.54) is 0 Å². The Hall–Kier alpha value is -0.250. The molecule has 0 aromatic carbocycles. The van der Waals surface area contributed by atoms with Crippen LogP contribution >= 0.6 is 0 Å². The number of hydrogen-bond donors (Lipinski definition) is 1. The van der Waals surface area contributed by atoms with Crippen LogP contribution in [-0.4, -0.2) is 11.3 Å². The SMILES string of the molecule is O[C]1CCCCC1C(F)(F)F. The lowest BCUT2D eigenvalue weighted by atomic mass is 9.86. The fourth-order valence-corrected chi connectivity index (χ4v) is 1.35. The molecule has 1 radical (unpaired) electrons. The first-order valence-corrected chi connectivity index (χ1v) is 3.63. The van der Waals surface area contributed by atoms with Gasteiger partial charge in [-0.3, -0.25) is 0 Å². The van der Waals surface area contributed by atoms with Crippen molar-refractivity contribution in [2.45, 2.75) is 31.9 Å². The van der Waals surface area contributed by atoms with Crippen molar-refractivity contribution in [1.82, 2.24) is 0 Å². The van der Waals surface area contributed by atoms with E-state index in [2.05, 4.69) is 0 Å². The summed E-state index contributed by atoms with van der Waals surface area (Å²) in [6.07, 6.45) is -3.12. The second-order valence-corrected chi connectivity index (χ2v) is 2.83. The molecular weight excluding hydrogens is 157 g/mol. The van der Waals surface area contributed by atoms with Crippen LogP contribution in [0.2, 0.25) is 0 Å². The number of aliphatic hydroxyl groups is 1. The molecule has 1 aliphatic carbocycles. The summed E-state index contributed by atoms with van der Waals surface area (Å²) < 4.78 is 36.0. The molecule has 0 bridgehead atoms. The van der Waals surface area contributed by atoms with Crippen molar-refractivity contribution in [3.63, 3.8) is 0 Å². The summed E-state index contributed by atoms with van der Waals surface area (Å²) in [5, 5.41) is 8.90. The minimum absolute atomic E-state index is 0.0509. The molecule has 0 amide bonds. The van der Waals surface area contributed by atoms with Crippen LogP contribution in [0.1, 0.15) is 25.7 Å². The Morgan fingerprint density at radius 2 is 1.91 bits per heavy atom. The maximum atomic E-state index is 12.0. The molecule has 1 fully saturated rings. The van der Waals surface area contributed by atoms with Gasteiger partial charge in [-0.1, -0.05) is 12.8 Å². The third-order valence-corrected chi connectivity index (χ3v) is 1.97. The van der Waals surface area contributed by atoms with E-state index in [0.29, 0.717) is 12.8 Å². The molecule has 11 heavy (non-hydrogen) atoms. The molecule has 1 atom stereocenters. The summed E-state index contributed by atoms with van der Waals surface area (Å²) in [7, 11) is 0. The summed E-state index contributed by atoms with van der Waals surface area (Å²) in [4.78, 5) is 0. The molecule has 1 N–H and O–H groups in total. The minimum Gasteiger partial charge on any atom is -0.386 e. The summed E-state index contributed by atoms with van der Waals surface area (Å²) in [5.41, 5.74) is 0. The van der Waals surface area contributed by atoms with Crippen LogP contribution in [0, 0.1) is 12.0 Å². The first-order valence-electron chi connectivity index (χ1n) is 3.63. The van der Waals surface area contributed by atoms with Gasteiger partial charge in [0.05, 0.1) is 5.92 Å². The van der Waals surface area contributed by atoms with Crippen molar-refractivity contribution in [3.8, 4) is 0 Å². The van der Waals surface area contributed by atoms with Gasteiger partial charge in [0.15, 0.2) is 0 Å². The molecule has 0 heterocycles. The summed E-state index contributed by atoms with van der Waals surface area (Å²) in [6.45, 7) is 0. The third-order valence-electron chi connectivity index (χ3n) is 1.97. The van der Waals surface area contributed by atoms with Gasteiger partial charge in [0.2, 0.25) is 0 Å². The molecule has 0 aromatic heterocycles. The van der Waals surface area contributed by atoms with E-state index in [1.807, 2.05) is 0 Å². The van der Waals surface area contributed by atoms with Crippen LogP contribution in [-0.2, 0) is 0 Å². The van der Waals surface area contributed by atoms with E-state index in [0.717, 1.165) is 0 Å². The molecule has 65 valence electrons. The Kier molecular flexibility index (Phi) is 2.42. The van der Waals surface area contributed by atoms with Gasteiger partial charge < -0.3 is 5.11 Å². The predicted molar refractivity (Wildman–Crippen MR) is 33.2 cm³/mol. The zero-order valence-electron chi connectivity index (χ0n) is 5.99. The van der Waals surface area contributed by atoms with Gasteiger partial charge in [-0.25, -0.2) is 0 Å². The van der Waals surface area contributed by atoms with E-state index in [1.54, 1.807) is 0 Å². The second-order valence-electron chi connectivity index (χ2n) is 2.83. The molecule has 1 rings (SSSR count). The topological polar surface area (TPSA) is 20.2 Å². The van der Waals surface area contributed by atoms with E-state index >= 15 is 0 Å². The van der Waals surface area contributed by atoms with E-state index in [9.17, 15) is 13.2 Å². The Balaban J connectivity index is 2.55. The van der Waals surface area contributed by atoms with Gasteiger partial charge in [0.1, 0.15) is 6.10 Å². The van der Waals surface area contributed by atoms with E-state index in [-0.39, 0.29) is 18.9 Å². The van der Waals surface area contributed by atoms with Crippen molar-refractivity contribution in [2.24, 2.45) is 5.92 Å². The first kappa shape index (κ1) is 8.84. The van der Waals surface area contributed by atoms with Crippen molar-refractivity contribution in [1.29, 1.82) is 0 Å². The summed E-state index contributed by atoms with van der Waals surface area (Å²) in [5.74, 6) is -1.56. The van der Waals surface area contributed by atoms with Crippen LogP contribution in [0.4, 0.5) is 13.2 Å². The zero-order valence-corrected chi connectivity index (χ0v) is 5.99. The largest absolute Gasteiger partial charge is 0.394 e. The lowest BCUT2D eigenvalue weighted by Gasteiger charge is -2.28. The monoisotopic (exact) mass is 167 g/mol. The zero-order chi connectivity index (χ0) is 8.48. The van der Waals surface area contributed by atoms with Gasteiger partial charge in [0, 0.05) is 0 Å². The van der Waals surface area contributed by atoms with E-state index < -0.39 is 12.1 Å². The molecule has 0 aliphatic heterocycles. The van der Waals surface area contributed by atoms with Crippen molar-refractivity contribution >= 4 is 0 Å². The van der Waals surface area contributed by atoms with Crippen LogP contribution in [0.15, 0.2) is 0 Å². The molecule has 0 aromatic rings. The van der Waals surface area contributed by atoms with Gasteiger partial charge in [-0.05, 0) is 12.8 Å². The van der Waals surface area contributed by atoms with Crippen LogP contribution in [0.5, 0.6) is 0 Å². The quantitative estimate of drug-likeness (QED) is 0.588. The molecule has 0 saturated heterocycles. The Morgan fingerprint density at radius 1 is 1.27 bits per heavy atom. The maximum absolute atomic E-state index is 12.0. The lowest BCUT2D eigenvalue weighted by Crippen LogP contribution is -2.31. The minimum atomic E-state index is -4.25. The Bertz CT molecular complexity index is 132. The van der Waals surface area contributed by atoms with Gasteiger partial charge in [-0.15, -0.1) is 0 Å². The average molecular weight is 167 g/mol. The van der Waals surface area contributed by atoms with E-state index in [4.69, 9.17) is 5.11 Å². The average Bonchev–Trinajstić information content (AvgIpc) is 1.86. The predicted octanol–water partition coefficient (Wildman–Crippen LogP) is 2.64. The van der Waals surface area contributed by atoms with Crippen LogP contribution < -0.4 is 0 Å². The molecular formula is C7H10F3O. The first-order chi connectivity index (χ1) is 5.02. The highest BCUT2D eigenvalue weighted by Gasteiger charge is 2.45. The molecule has 1 nitrogen and oxygen atoms in total. The maximum Gasteiger partial charge on any atom is 0.394 e. The number of halogens is 3. The van der Waals surface area contributed by atoms with Crippen molar-refractivity contribution < 1.29 is 18.3 Å². The number of alkyl halides is 3. The highest BCUT2D eigenvalue weighted by Crippen LogP contribution is 2.40. The molecule has 4 heteroatoms. The number of rotatable bonds is 0. The van der Waals surface area contributed by atoms with Gasteiger partial charge in [0.25, 0.3) is 0 Å². The highest BCUT2D eigenvalue weighted by atomic mass is 19.4. The molecule has 0 spiro atoms. The van der Waals surface area contributed by atoms with Crippen LogP contribution in [0.25, 0.3) is 0 Å². The molecule has 1 saturated carbocycles. The smallest absolute Gasteiger partial charge is 0.386 e. The normalized spacial score (nSPS) is 28.9. The standard InChI is InChI=1S/C7H10F3O/c8-7(9,10)5-3-1-2-4-6(5)11/h5,11H,1-4H2. The fourth-order valence-electron chi connectivity index (χ4n) is 1.35. The highest BCUT2D eigenvalue weighted by molar-refractivity contribution is 4.92. The van der Waals surface area contributed by atoms with Crippen LogP contribution in [0.3, 0.4) is 0 Å². The van der Waals surface area contributed by atoms with Crippen molar-refractivity contribution in [3.05, 3.63) is 6.10 Å². The van der Waals surface area contributed by atoms with Gasteiger partial charge in [-0.2, -0.15) is 13.2 Å². The number of aliphatic hydroxyl groups excluding tert-OH is 1. The molecule has 1 aliphatic rings. The third kappa shape index (κ3) is 2.09. The molecule has 1 unspecified atom stereocenters.